The Labute approximate surface area is 98.8 Å². The summed E-state index contributed by atoms with van der Waals surface area (Å²) in [5.74, 6) is 0.753. The molecule has 0 radical (unpaired) electrons. The molecule has 16 heavy (non-hydrogen) atoms. The van der Waals surface area contributed by atoms with Crippen molar-refractivity contribution >= 4 is 0 Å². The lowest BCUT2D eigenvalue weighted by atomic mass is 9.91. The molecule has 2 aliphatic heterocycles. The van der Waals surface area contributed by atoms with Crippen molar-refractivity contribution in [3.8, 4) is 0 Å². The number of hydrogen-bond acceptors (Lipinski definition) is 2. The van der Waals surface area contributed by atoms with Gasteiger partial charge in [-0.1, -0.05) is 6.92 Å². The minimum absolute atomic E-state index is 0.672. The lowest BCUT2D eigenvalue weighted by molar-refractivity contribution is 0.0199. The van der Waals surface area contributed by atoms with Crippen LogP contribution in [0.5, 0.6) is 0 Å². The summed E-state index contributed by atoms with van der Waals surface area (Å²) >= 11 is 0. The summed E-state index contributed by atoms with van der Waals surface area (Å²) in [6.07, 6.45) is 4.00. The molecule has 2 fully saturated rings. The van der Waals surface area contributed by atoms with Crippen LogP contribution in [0.3, 0.4) is 0 Å². The third-order valence-corrected chi connectivity index (χ3v) is 4.13. The van der Waals surface area contributed by atoms with Crippen LogP contribution in [0.15, 0.2) is 0 Å². The summed E-state index contributed by atoms with van der Waals surface area (Å²) in [5.41, 5.74) is -0.913. The van der Waals surface area contributed by atoms with Gasteiger partial charge >= 0.3 is 0 Å². The maximum Gasteiger partial charge on any atom is 0.126 e. The minimum Gasteiger partial charge on any atom is -0.306 e. The summed E-state index contributed by atoms with van der Waals surface area (Å²) in [6, 6.07) is 0. The summed E-state index contributed by atoms with van der Waals surface area (Å²) in [7, 11) is 2.09. The second-order valence-corrected chi connectivity index (χ2v) is 5.94. The number of alkyl halides is 1. The van der Waals surface area contributed by atoms with Gasteiger partial charge in [-0.3, -0.25) is 4.90 Å². The number of rotatable bonds is 2. The molecule has 0 bridgehead atoms. The molecule has 0 aliphatic carbocycles. The zero-order chi connectivity index (χ0) is 11.6. The van der Waals surface area contributed by atoms with Gasteiger partial charge in [-0.15, -0.1) is 0 Å². The highest BCUT2D eigenvalue weighted by molar-refractivity contribution is 4.89. The maximum absolute atomic E-state index is 14.6. The topological polar surface area (TPSA) is 6.48 Å². The molecule has 0 saturated carbocycles. The molecule has 0 spiro atoms. The fourth-order valence-electron chi connectivity index (χ4n) is 3.01. The zero-order valence-electron chi connectivity index (χ0n) is 10.7. The Kier molecular flexibility index (Phi) is 3.85. The highest BCUT2D eigenvalue weighted by Crippen LogP contribution is 2.28. The van der Waals surface area contributed by atoms with E-state index in [-0.39, 0.29) is 0 Å². The van der Waals surface area contributed by atoms with Crippen LogP contribution in [0.25, 0.3) is 0 Å². The molecule has 0 amide bonds. The van der Waals surface area contributed by atoms with Crippen LogP contribution in [0.2, 0.25) is 0 Å². The molecule has 0 aromatic rings. The molecule has 2 rings (SSSR count). The van der Waals surface area contributed by atoms with Crippen molar-refractivity contribution in [2.24, 2.45) is 5.92 Å². The normalized spacial score (nSPS) is 32.8. The molecule has 2 heterocycles. The van der Waals surface area contributed by atoms with Gasteiger partial charge in [-0.2, -0.15) is 0 Å². The van der Waals surface area contributed by atoms with Crippen molar-refractivity contribution in [1.82, 2.24) is 9.80 Å². The standard InChI is InChI=1S/C13H25FN2/c1-12-4-3-7-16(10-12)11-13(14)5-8-15(2)9-6-13/h12H,3-11H2,1-2H3/t12-/m0/s1. The van der Waals surface area contributed by atoms with Gasteiger partial charge in [-0.05, 0) is 45.2 Å². The lowest BCUT2D eigenvalue weighted by Crippen LogP contribution is -2.49. The Bertz CT molecular complexity index is 224. The van der Waals surface area contributed by atoms with E-state index in [0.717, 1.165) is 32.1 Å². The van der Waals surface area contributed by atoms with E-state index in [1.165, 1.54) is 12.8 Å². The molecular weight excluding hydrogens is 203 g/mol. The van der Waals surface area contributed by atoms with Gasteiger partial charge in [0, 0.05) is 26.2 Å². The van der Waals surface area contributed by atoms with E-state index in [9.17, 15) is 4.39 Å². The quantitative estimate of drug-likeness (QED) is 0.714. The molecule has 3 heteroatoms. The molecule has 2 saturated heterocycles. The molecule has 0 aromatic heterocycles. The second kappa shape index (κ2) is 5.01. The van der Waals surface area contributed by atoms with Crippen molar-refractivity contribution in [3.05, 3.63) is 0 Å². The molecule has 0 aromatic carbocycles. The number of hydrogen-bond donors (Lipinski definition) is 0. The van der Waals surface area contributed by atoms with Crippen LogP contribution in [0, 0.1) is 5.92 Å². The highest BCUT2D eigenvalue weighted by atomic mass is 19.1. The third kappa shape index (κ3) is 3.17. The Morgan fingerprint density at radius 2 is 1.94 bits per heavy atom. The summed E-state index contributed by atoms with van der Waals surface area (Å²) in [5, 5.41) is 0. The van der Waals surface area contributed by atoms with Gasteiger partial charge in [0.05, 0.1) is 0 Å². The van der Waals surface area contributed by atoms with Crippen molar-refractivity contribution in [2.45, 2.75) is 38.3 Å². The van der Waals surface area contributed by atoms with Gasteiger partial charge in [0.25, 0.3) is 0 Å². The van der Waals surface area contributed by atoms with Gasteiger partial charge in [0.2, 0.25) is 0 Å². The summed E-state index contributed by atoms with van der Waals surface area (Å²) < 4.78 is 14.6. The van der Waals surface area contributed by atoms with E-state index < -0.39 is 5.67 Å². The first-order chi connectivity index (χ1) is 7.57. The number of nitrogens with zero attached hydrogens (tertiary/aromatic N) is 2. The average Bonchev–Trinajstić information content (AvgIpc) is 2.23. The van der Waals surface area contributed by atoms with Gasteiger partial charge < -0.3 is 4.90 Å². The minimum atomic E-state index is -0.913. The zero-order valence-corrected chi connectivity index (χ0v) is 10.7. The first-order valence-electron chi connectivity index (χ1n) is 6.67. The first-order valence-corrected chi connectivity index (χ1v) is 6.67. The van der Waals surface area contributed by atoms with Crippen LogP contribution in [0.4, 0.5) is 4.39 Å². The first kappa shape index (κ1) is 12.3. The molecule has 2 nitrogen and oxygen atoms in total. The molecule has 0 N–H and O–H groups in total. The Hall–Kier alpha value is -0.150. The smallest absolute Gasteiger partial charge is 0.126 e. The fourth-order valence-corrected chi connectivity index (χ4v) is 3.01. The predicted octanol–water partition coefficient (Wildman–Crippen LogP) is 2.15. The van der Waals surface area contributed by atoms with Crippen molar-refractivity contribution in [3.63, 3.8) is 0 Å². The van der Waals surface area contributed by atoms with E-state index >= 15 is 0 Å². The second-order valence-electron chi connectivity index (χ2n) is 5.94. The van der Waals surface area contributed by atoms with Crippen LogP contribution in [0.1, 0.15) is 32.6 Å². The van der Waals surface area contributed by atoms with Crippen LogP contribution in [-0.4, -0.2) is 55.2 Å². The van der Waals surface area contributed by atoms with Gasteiger partial charge in [-0.25, -0.2) is 4.39 Å². The Morgan fingerprint density at radius 1 is 1.25 bits per heavy atom. The van der Waals surface area contributed by atoms with E-state index in [1.807, 2.05) is 0 Å². The maximum atomic E-state index is 14.6. The van der Waals surface area contributed by atoms with E-state index in [2.05, 4.69) is 23.8 Å². The lowest BCUT2D eigenvalue weighted by Gasteiger charge is -2.40. The predicted molar refractivity (Wildman–Crippen MR) is 65.4 cm³/mol. The van der Waals surface area contributed by atoms with Crippen molar-refractivity contribution < 1.29 is 4.39 Å². The van der Waals surface area contributed by atoms with Crippen LogP contribution in [-0.2, 0) is 0 Å². The fraction of sp³-hybridized carbons (Fsp3) is 1.00. The SMILES string of the molecule is C[C@H]1CCCN(CC2(F)CCN(C)CC2)C1. The Morgan fingerprint density at radius 3 is 2.56 bits per heavy atom. The molecule has 1 atom stereocenters. The highest BCUT2D eigenvalue weighted by Gasteiger charge is 2.35. The van der Waals surface area contributed by atoms with Crippen LogP contribution < -0.4 is 0 Å². The van der Waals surface area contributed by atoms with Gasteiger partial charge in [0.1, 0.15) is 5.67 Å². The number of halogens is 1. The summed E-state index contributed by atoms with van der Waals surface area (Å²) in [4.78, 5) is 4.58. The largest absolute Gasteiger partial charge is 0.306 e. The average molecular weight is 228 g/mol. The molecular formula is C13H25FN2. The van der Waals surface area contributed by atoms with E-state index in [4.69, 9.17) is 0 Å². The van der Waals surface area contributed by atoms with Gasteiger partial charge in [0.15, 0.2) is 0 Å². The number of piperidine rings is 2. The molecule has 2 aliphatic rings. The summed E-state index contributed by atoms with van der Waals surface area (Å²) in [6.45, 7) is 6.99. The monoisotopic (exact) mass is 228 g/mol. The Balaban J connectivity index is 1.83. The van der Waals surface area contributed by atoms with E-state index in [0.29, 0.717) is 19.4 Å². The molecule has 94 valence electrons. The third-order valence-electron chi connectivity index (χ3n) is 4.13. The van der Waals surface area contributed by atoms with Crippen LogP contribution >= 0.6 is 0 Å². The van der Waals surface area contributed by atoms with Crippen molar-refractivity contribution in [1.29, 1.82) is 0 Å². The van der Waals surface area contributed by atoms with Crippen molar-refractivity contribution in [2.75, 3.05) is 39.8 Å². The molecule has 0 unspecified atom stereocenters. The number of likely N-dealkylation sites (tertiary alicyclic amines) is 2. The van der Waals surface area contributed by atoms with E-state index in [1.54, 1.807) is 0 Å².